The number of fused-ring (bicyclic) bond motifs is 10. The summed E-state index contributed by atoms with van der Waals surface area (Å²) in [6.45, 7) is 7.55. The lowest BCUT2D eigenvalue weighted by molar-refractivity contribution is 0.0815. The number of hydrogen-bond donors (Lipinski definition) is 0. The number of hydrogen-bond acceptors (Lipinski definition) is 6. The fourth-order valence-electron chi connectivity index (χ4n) is 6.20. The minimum Gasteiger partial charge on any atom is -0.463 e. The molecule has 0 aliphatic heterocycles. The van der Waals surface area contributed by atoms with Gasteiger partial charge in [0.05, 0.1) is 23.7 Å². The molecule has 2 aromatic heterocycles. The summed E-state index contributed by atoms with van der Waals surface area (Å²) in [7, 11) is 0. The largest absolute Gasteiger partial charge is 0.463 e. The van der Waals surface area contributed by atoms with Crippen molar-refractivity contribution in [1.82, 2.24) is 0 Å². The molecule has 6 aromatic rings. The first-order chi connectivity index (χ1) is 20.2. The molecule has 0 bridgehead atoms. The predicted octanol–water partition coefficient (Wildman–Crippen LogP) is 8.19. The van der Waals surface area contributed by atoms with Gasteiger partial charge in [-0.25, -0.2) is 0 Å². The highest BCUT2D eigenvalue weighted by atomic mass is 16.3. The van der Waals surface area contributed by atoms with Gasteiger partial charge in [-0.05, 0) is 83.6 Å². The third-order valence-corrected chi connectivity index (χ3v) is 8.32. The van der Waals surface area contributed by atoms with E-state index in [2.05, 4.69) is 0 Å². The minimum absolute atomic E-state index is 0.402. The van der Waals surface area contributed by atoms with E-state index in [0.29, 0.717) is 56.0 Å². The summed E-state index contributed by atoms with van der Waals surface area (Å²) < 4.78 is 11.1. The predicted molar refractivity (Wildman–Crippen MR) is 160 cm³/mol. The molecule has 204 valence electrons. The highest BCUT2D eigenvalue weighted by Gasteiger charge is 2.37. The first-order valence-electron chi connectivity index (χ1n) is 13.6. The molecular formula is C36H24O6. The van der Waals surface area contributed by atoms with Crippen LogP contribution >= 0.6 is 0 Å². The summed E-state index contributed by atoms with van der Waals surface area (Å²) in [4.78, 5) is 49.9. The summed E-state index contributed by atoms with van der Waals surface area (Å²) >= 11 is 0. The van der Waals surface area contributed by atoms with E-state index in [1.165, 1.54) is 12.5 Å². The fraction of sp³-hybridized carbons (Fsp3) is 0.111. The average Bonchev–Trinajstić information content (AvgIpc) is 3.57. The zero-order chi connectivity index (χ0) is 29.4. The Hall–Kier alpha value is -5.36. The molecule has 4 aromatic carbocycles. The number of aryl methyl sites for hydroxylation is 4. The van der Waals surface area contributed by atoms with Gasteiger partial charge in [-0.3, -0.25) is 19.2 Å². The first kappa shape index (κ1) is 25.6. The summed E-state index contributed by atoms with van der Waals surface area (Å²) in [5.41, 5.74) is 6.72. The minimum atomic E-state index is -0.474. The molecule has 8 rings (SSSR count). The number of furan rings is 2. The van der Waals surface area contributed by atoms with Crippen molar-refractivity contribution in [2.45, 2.75) is 27.7 Å². The van der Waals surface area contributed by atoms with E-state index in [0.717, 1.165) is 32.7 Å². The summed E-state index contributed by atoms with van der Waals surface area (Å²) in [5, 5.41) is 3.60. The monoisotopic (exact) mass is 552 g/mol. The average molecular weight is 553 g/mol. The lowest BCUT2D eigenvalue weighted by Crippen LogP contribution is -2.21. The van der Waals surface area contributed by atoms with Crippen molar-refractivity contribution in [2.24, 2.45) is 0 Å². The van der Waals surface area contributed by atoms with Crippen LogP contribution < -0.4 is 0 Å². The third-order valence-electron chi connectivity index (χ3n) is 8.32. The van der Waals surface area contributed by atoms with Crippen LogP contribution in [-0.4, -0.2) is 23.1 Å². The lowest BCUT2D eigenvalue weighted by atomic mass is 9.84. The van der Waals surface area contributed by atoms with E-state index in [-0.39, 0.29) is 0 Å². The van der Waals surface area contributed by atoms with Gasteiger partial charge in [0.2, 0.25) is 23.1 Å². The molecule has 2 aliphatic carbocycles. The van der Waals surface area contributed by atoms with Crippen LogP contribution in [0.5, 0.6) is 0 Å². The second kappa shape index (κ2) is 9.08. The number of Topliss-reactive ketones (excluding diaryl/α,β-unsaturated/α-hetero) is 4. The standard InChI is InChI=1S/2C18H12O3/c2*1-9-4-3-5-12-11(9)6-7-13-15(12)17(20)16(19)14-10(2)8-21-18(13)14/h2*3-8H,1-2H3. The summed E-state index contributed by atoms with van der Waals surface area (Å²) in [6, 6.07) is 19.3. The SMILES string of the molecule is Cc1coc2c1C(=O)C(=O)c1c-2ccc2c(C)cccc12.Cc1coc2c1C(=O)C(=O)c1c-2ccc2c(C)cccc12. The Morgan fingerprint density at radius 3 is 1.19 bits per heavy atom. The first-order valence-corrected chi connectivity index (χ1v) is 13.6. The second-order valence-electron chi connectivity index (χ2n) is 10.9. The van der Waals surface area contributed by atoms with Gasteiger partial charge in [-0.2, -0.15) is 0 Å². The van der Waals surface area contributed by atoms with Gasteiger partial charge in [0.1, 0.15) is 11.5 Å². The van der Waals surface area contributed by atoms with Crippen LogP contribution in [0, 0.1) is 27.7 Å². The Labute approximate surface area is 240 Å². The summed E-state index contributed by atoms with van der Waals surface area (Å²) in [5.74, 6) is -0.821. The molecule has 0 unspecified atom stereocenters. The van der Waals surface area contributed by atoms with Crippen LogP contribution in [0.4, 0.5) is 0 Å². The number of carbonyl (C=O) groups excluding carboxylic acids is 4. The molecule has 0 atom stereocenters. The number of benzene rings is 4. The number of rotatable bonds is 0. The van der Waals surface area contributed by atoms with Crippen LogP contribution in [0.2, 0.25) is 0 Å². The van der Waals surface area contributed by atoms with Crippen molar-refractivity contribution < 1.29 is 28.0 Å². The van der Waals surface area contributed by atoms with E-state index in [9.17, 15) is 19.2 Å². The van der Waals surface area contributed by atoms with Gasteiger partial charge in [0.15, 0.2) is 0 Å². The van der Waals surface area contributed by atoms with Gasteiger partial charge < -0.3 is 8.83 Å². The van der Waals surface area contributed by atoms with Gasteiger partial charge in [0.25, 0.3) is 0 Å². The van der Waals surface area contributed by atoms with Gasteiger partial charge >= 0.3 is 0 Å². The molecule has 2 aliphatic rings. The van der Waals surface area contributed by atoms with Gasteiger partial charge in [0, 0.05) is 22.3 Å². The molecule has 0 radical (unpaired) electrons. The lowest BCUT2D eigenvalue weighted by Gasteiger charge is -2.16. The Morgan fingerprint density at radius 2 is 0.786 bits per heavy atom. The molecule has 0 spiro atoms. The number of ketones is 4. The molecule has 6 heteroatoms. The van der Waals surface area contributed by atoms with Crippen LogP contribution in [0.3, 0.4) is 0 Å². The van der Waals surface area contributed by atoms with E-state index in [4.69, 9.17) is 8.83 Å². The van der Waals surface area contributed by atoms with E-state index >= 15 is 0 Å². The van der Waals surface area contributed by atoms with E-state index < -0.39 is 23.1 Å². The van der Waals surface area contributed by atoms with Crippen molar-refractivity contribution in [3.8, 4) is 22.6 Å². The van der Waals surface area contributed by atoms with Crippen molar-refractivity contribution >= 4 is 44.7 Å². The molecule has 42 heavy (non-hydrogen) atoms. The molecular weight excluding hydrogens is 528 g/mol. The molecule has 2 heterocycles. The van der Waals surface area contributed by atoms with Crippen molar-refractivity contribution in [1.29, 1.82) is 0 Å². The van der Waals surface area contributed by atoms with Crippen LogP contribution in [0.15, 0.2) is 82.0 Å². The van der Waals surface area contributed by atoms with Gasteiger partial charge in [-0.1, -0.05) is 48.5 Å². The highest BCUT2D eigenvalue weighted by molar-refractivity contribution is 6.55. The smallest absolute Gasteiger partial charge is 0.237 e. The molecule has 0 saturated carbocycles. The third kappa shape index (κ3) is 3.45. The Kier molecular flexibility index (Phi) is 5.53. The van der Waals surface area contributed by atoms with E-state index in [1.54, 1.807) is 13.8 Å². The topological polar surface area (TPSA) is 94.6 Å². The van der Waals surface area contributed by atoms with Crippen LogP contribution in [-0.2, 0) is 0 Å². The van der Waals surface area contributed by atoms with E-state index in [1.807, 2.05) is 74.5 Å². The maximum atomic E-state index is 12.6. The summed E-state index contributed by atoms with van der Waals surface area (Å²) in [6.07, 6.45) is 3.07. The maximum Gasteiger partial charge on any atom is 0.237 e. The Bertz CT molecular complexity index is 2050. The maximum absolute atomic E-state index is 12.6. The molecule has 0 saturated heterocycles. The fourth-order valence-corrected chi connectivity index (χ4v) is 6.20. The molecule has 0 amide bonds. The Morgan fingerprint density at radius 1 is 0.405 bits per heavy atom. The van der Waals surface area contributed by atoms with Crippen molar-refractivity contribution in [3.05, 3.63) is 118 Å². The zero-order valence-electron chi connectivity index (χ0n) is 23.4. The van der Waals surface area contributed by atoms with Crippen LogP contribution in [0.1, 0.15) is 63.7 Å². The Balaban J connectivity index is 0.000000137. The van der Waals surface area contributed by atoms with Crippen molar-refractivity contribution in [3.63, 3.8) is 0 Å². The van der Waals surface area contributed by atoms with Gasteiger partial charge in [-0.15, -0.1) is 0 Å². The zero-order valence-corrected chi connectivity index (χ0v) is 23.4. The second-order valence-corrected chi connectivity index (χ2v) is 10.9. The quantitative estimate of drug-likeness (QED) is 0.176. The molecule has 6 nitrogen and oxygen atoms in total. The number of carbonyl (C=O) groups is 4. The molecule has 0 fully saturated rings. The highest BCUT2D eigenvalue weighted by Crippen LogP contribution is 2.41. The van der Waals surface area contributed by atoms with Crippen molar-refractivity contribution in [2.75, 3.05) is 0 Å². The molecule has 0 N–H and O–H groups in total. The van der Waals surface area contributed by atoms with Crippen LogP contribution in [0.25, 0.3) is 44.2 Å². The normalized spacial score (nSPS) is 13.4.